The van der Waals surface area contributed by atoms with Crippen molar-refractivity contribution in [2.75, 3.05) is 6.54 Å². The van der Waals surface area contributed by atoms with E-state index >= 15 is 0 Å². The van der Waals surface area contributed by atoms with E-state index in [2.05, 4.69) is 27.4 Å². The maximum Gasteiger partial charge on any atom is 0.261 e. The third-order valence-electron chi connectivity index (χ3n) is 6.16. The minimum absolute atomic E-state index is 0.388. The molecule has 1 saturated heterocycles. The molecule has 1 heterocycles. The highest BCUT2D eigenvalue weighted by Crippen LogP contribution is 2.40. The lowest BCUT2D eigenvalue weighted by Crippen LogP contribution is -2.70. The predicted octanol–water partition coefficient (Wildman–Crippen LogP) is 3.28. The first-order valence-electron chi connectivity index (χ1n) is 11.5. The van der Waals surface area contributed by atoms with Crippen molar-refractivity contribution in [1.29, 1.82) is 0 Å². The number of rotatable bonds is 9. The monoisotopic (exact) mass is 485 g/mol. The molecule has 4 atom stereocenters. The van der Waals surface area contributed by atoms with Crippen molar-refractivity contribution in [3.63, 3.8) is 0 Å². The van der Waals surface area contributed by atoms with Crippen LogP contribution in [0.5, 0.6) is 0 Å². The molecule has 1 aliphatic rings. The number of aliphatic hydroxyl groups is 1. The Hall–Kier alpha value is -2.36. The summed E-state index contributed by atoms with van der Waals surface area (Å²) in [5, 5.41) is 24.2. The molecule has 0 aromatic heterocycles. The molecular weight excluding hydrogens is 450 g/mol. The lowest BCUT2D eigenvalue weighted by Gasteiger charge is -2.46. The molecule has 0 bridgehead atoms. The molecule has 0 unspecified atom stereocenters. The Kier molecular flexibility index (Phi) is 7.79. The van der Waals surface area contributed by atoms with Crippen LogP contribution in [0.25, 0.3) is 0 Å². The van der Waals surface area contributed by atoms with Crippen LogP contribution in [0.3, 0.4) is 0 Å². The molecular formula is C26H35NO6Si. The van der Waals surface area contributed by atoms with Gasteiger partial charge in [0, 0.05) is 4.92 Å². The Morgan fingerprint density at radius 1 is 1.12 bits per heavy atom. The fourth-order valence-electron chi connectivity index (χ4n) is 4.77. The van der Waals surface area contributed by atoms with Gasteiger partial charge in [0.2, 0.25) is 6.54 Å². The molecule has 0 amide bonds. The van der Waals surface area contributed by atoms with Crippen LogP contribution in [-0.2, 0) is 13.9 Å². The normalized spacial score (nSPS) is 22.2. The molecule has 8 heteroatoms. The maximum absolute atomic E-state index is 11.4. The summed E-state index contributed by atoms with van der Waals surface area (Å²) in [5.74, 6) is -0.953. The SMILES string of the molecule is C=C[C@@H]1OC(C)(C)O[C@@H]1[C@@H](O[Si](c1ccccc1)(c1ccccc1)C(C)(C)C)[C@@H](O)C[N+](=O)[O-]. The second-order valence-corrected chi connectivity index (χ2v) is 14.4. The molecule has 34 heavy (non-hydrogen) atoms. The first-order chi connectivity index (χ1) is 15.9. The second-order valence-electron chi connectivity index (χ2n) is 10.1. The molecule has 0 saturated carbocycles. The maximum atomic E-state index is 11.4. The van der Waals surface area contributed by atoms with Gasteiger partial charge in [-0.25, -0.2) is 0 Å². The van der Waals surface area contributed by atoms with E-state index in [0.717, 1.165) is 10.4 Å². The minimum Gasteiger partial charge on any atom is -0.399 e. The van der Waals surface area contributed by atoms with Crippen molar-refractivity contribution in [3.05, 3.63) is 83.4 Å². The molecule has 1 aliphatic heterocycles. The molecule has 2 aromatic rings. The zero-order valence-corrected chi connectivity index (χ0v) is 21.5. The summed E-state index contributed by atoms with van der Waals surface area (Å²) < 4.78 is 19.2. The first kappa shape index (κ1) is 26.2. The third-order valence-corrected chi connectivity index (χ3v) is 11.2. The highest BCUT2D eigenvalue weighted by atomic mass is 28.4. The quantitative estimate of drug-likeness (QED) is 0.254. The van der Waals surface area contributed by atoms with Gasteiger partial charge in [-0.2, -0.15) is 0 Å². The lowest BCUT2D eigenvalue weighted by molar-refractivity contribution is -0.493. The third kappa shape index (κ3) is 5.31. The molecule has 1 fully saturated rings. The van der Waals surface area contributed by atoms with Crippen molar-refractivity contribution in [3.8, 4) is 0 Å². The molecule has 184 valence electrons. The van der Waals surface area contributed by atoms with Crippen LogP contribution in [0.15, 0.2) is 73.3 Å². The number of ether oxygens (including phenoxy) is 2. The highest BCUT2D eigenvalue weighted by Gasteiger charge is 2.56. The van der Waals surface area contributed by atoms with Gasteiger partial charge in [-0.15, -0.1) is 6.58 Å². The zero-order valence-electron chi connectivity index (χ0n) is 20.5. The molecule has 3 rings (SSSR count). The molecule has 1 N–H and O–H groups in total. The number of benzene rings is 2. The van der Waals surface area contributed by atoms with Crippen LogP contribution in [0, 0.1) is 10.1 Å². The van der Waals surface area contributed by atoms with Gasteiger partial charge >= 0.3 is 0 Å². The van der Waals surface area contributed by atoms with Gasteiger partial charge in [0.05, 0.1) is 0 Å². The zero-order chi connectivity index (χ0) is 25.1. The Labute approximate surface area is 202 Å². The average Bonchev–Trinajstić information content (AvgIpc) is 3.08. The smallest absolute Gasteiger partial charge is 0.261 e. The van der Waals surface area contributed by atoms with Crippen molar-refractivity contribution >= 4 is 18.7 Å². The van der Waals surface area contributed by atoms with E-state index in [4.69, 9.17) is 13.9 Å². The fraction of sp³-hybridized carbons (Fsp3) is 0.462. The van der Waals surface area contributed by atoms with Crippen molar-refractivity contribution in [2.45, 2.75) is 69.9 Å². The van der Waals surface area contributed by atoms with Gasteiger partial charge in [-0.05, 0) is 29.3 Å². The molecule has 7 nitrogen and oxygen atoms in total. The van der Waals surface area contributed by atoms with Gasteiger partial charge in [-0.1, -0.05) is 87.5 Å². The van der Waals surface area contributed by atoms with E-state index in [0.29, 0.717) is 0 Å². The van der Waals surface area contributed by atoms with Crippen molar-refractivity contribution in [1.82, 2.24) is 0 Å². The van der Waals surface area contributed by atoms with Crippen molar-refractivity contribution in [2.24, 2.45) is 0 Å². The Bertz CT molecular complexity index is 936. The van der Waals surface area contributed by atoms with Crippen LogP contribution in [-0.4, -0.2) is 55.1 Å². The second kappa shape index (κ2) is 10.1. The summed E-state index contributed by atoms with van der Waals surface area (Å²) in [6.45, 7) is 13.0. The Morgan fingerprint density at radius 2 is 1.62 bits per heavy atom. The number of hydrogen-bond donors (Lipinski definition) is 1. The number of nitrogens with zero attached hydrogens (tertiary/aromatic N) is 1. The van der Waals surface area contributed by atoms with Crippen LogP contribution >= 0.6 is 0 Å². The van der Waals surface area contributed by atoms with Gasteiger partial charge < -0.3 is 19.0 Å². The Balaban J connectivity index is 2.22. The topological polar surface area (TPSA) is 91.1 Å². The van der Waals surface area contributed by atoms with Crippen LogP contribution in [0.4, 0.5) is 0 Å². The van der Waals surface area contributed by atoms with E-state index < -0.39 is 50.0 Å². The van der Waals surface area contributed by atoms with Crippen LogP contribution in [0.1, 0.15) is 34.6 Å². The van der Waals surface area contributed by atoms with Crippen molar-refractivity contribution < 1.29 is 23.9 Å². The van der Waals surface area contributed by atoms with Gasteiger partial charge in [-0.3, -0.25) is 10.1 Å². The van der Waals surface area contributed by atoms with Gasteiger partial charge in [0.15, 0.2) is 5.79 Å². The largest absolute Gasteiger partial charge is 0.399 e. The van der Waals surface area contributed by atoms with E-state index in [1.165, 1.54) is 0 Å². The van der Waals surface area contributed by atoms with Crippen LogP contribution in [0.2, 0.25) is 5.04 Å². The van der Waals surface area contributed by atoms with Gasteiger partial charge in [0.1, 0.15) is 24.4 Å². The molecule has 0 radical (unpaired) electrons. The summed E-state index contributed by atoms with van der Waals surface area (Å²) in [4.78, 5) is 10.9. The fourth-order valence-corrected chi connectivity index (χ4v) is 9.48. The van der Waals surface area contributed by atoms with Crippen LogP contribution < -0.4 is 10.4 Å². The average molecular weight is 486 g/mol. The minimum atomic E-state index is -3.13. The molecule has 2 aromatic carbocycles. The lowest BCUT2D eigenvalue weighted by atomic mass is 10.0. The summed E-state index contributed by atoms with van der Waals surface area (Å²) in [5.41, 5.74) is 0. The molecule has 0 spiro atoms. The summed E-state index contributed by atoms with van der Waals surface area (Å²) >= 11 is 0. The Morgan fingerprint density at radius 3 is 2.03 bits per heavy atom. The number of nitro groups is 1. The standard InChI is InChI=1S/C26H35NO6Si/c1-7-22-24(32-26(5,6)31-22)23(21(28)18-27(29)30)33-34(25(2,3)4,19-14-10-8-11-15-19)20-16-12-9-13-17-20/h7-17,21-24,28H,1,18H2,2-6H3/t21-,22-,23-,24-/m0/s1. The molecule has 0 aliphatic carbocycles. The number of hydrogen-bond acceptors (Lipinski definition) is 6. The van der Waals surface area contributed by atoms with E-state index in [-0.39, 0.29) is 5.04 Å². The first-order valence-corrected chi connectivity index (χ1v) is 13.4. The van der Waals surface area contributed by atoms with E-state index in [1.807, 2.05) is 60.7 Å². The highest BCUT2D eigenvalue weighted by molar-refractivity contribution is 6.99. The summed E-state index contributed by atoms with van der Waals surface area (Å²) in [7, 11) is -3.13. The predicted molar refractivity (Wildman–Crippen MR) is 134 cm³/mol. The van der Waals surface area contributed by atoms with E-state index in [1.54, 1.807) is 19.9 Å². The summed E-state index contributed by atoms with van der Waals surface area (Å²) in [6, 6.07) is 19.9. The van der Waals surface area contributed by atoms with E-state index in [9.17, 15) is 15.2 Å². The number of aliphatic hydroxyl groups excluding tert-OH is 1. The summed E-state index contributed by atoms with van der Waals surface area (Å²) in [6.07, 6.45) is -2.22. The van der Waals surface area contributed by atoms with Gasteiger partial charge in [0.25, 0.3) is 8.32 Å².